The summed E-state index contributed by atoms with van der Waals surface area (Å²) in [5, 5.41) is 0.995. The lowest BCUT2D eigenvalue weighted by Crippen LogP contribution is -2.57. The molecule has 3 fully saturated rings. The maximum absolute atomic E-state index is 14.3. The van der Waals surface area contributed by atoms with Crippen molar-refractivity contribution in [2.24, 2.45) is 11.8 Å². The molecular formula is C33H43N3O2S. The normalized spacial score (nSPS) is 24.6. The van der Waals surface area contributed by atoms with Crippen LogP contribution in [0.5, 0.6) is 0 Å². The number of nitrogens with zero attached hydrogens (tertiary/aromatic N) is 2. The molecule has 1 N–H and O–H groups in total. The number of rotatable bonds is 6. The summed E-state index contributed by atoms with van der Waals surface area (Å²) in [5.41, 5.74) is 3.55. The van der Waals surface area contributed by atoms with Crippen molar-refractivity contribution in [1.82, 2.24) is 14.6 Å². The van der Waals surface area contributed by atoms with Gasteiger partial charge in [0.15, 0.2) is 0 Å². The summed E-state index contributed by atoms with van der Waals surface area (Å²) >= 11 is 0. The number of aromatic nitrogens is 1. The van der Waals surface area contributed by atoms with E-state index in [2.05, 4.69) is 80.9 Å². The fraction of sp³-hybridized carbons (Fsp3) is 0.485. The largest absolute Gasteiger partial charge is 0.298 e. The molecule has 6 heteroatoms. The molecule has 5 nitrogen and oxygen atoms in total. The Hall–Kier alpha value is -2.54. The highest BCUT2D eigenvalue weighted by atomic mass is 32.2. The van der Waals surface area contributed by atoms with Gasteiger partial charge in [0.1, 0.15) is 0 Å². The molecule has 2 aromatic carbocycles. The molecular weight excluding hydrogens is 502 g/mol. The molecule has 0 saturated carbocycles. The Bertz CT molecular complexity index is 1450. The molecule has 5 atom stereocenters. The predicted octanol–water partition coefficient (Wildman–Crippen LogP) is 6.75. The van der Waals surface area contributed by atoms with Gasteiger partial charge < -0.3 is 0 Å². The van der Waals surface area contributed by atoms with Crippen LogP contribution in [0.15, 0.2) is 72.3 Å². The average molecular weight is 546 g/mol. The first-order valence-corrected chi connectivity index (χ1v) is 15.6. The Morgan fingerprint density at radius 2 is 1.69 bits per heavy atom. The zero-order valence-electron chi connectivity index (χ0n) is 24.2. The molecule has 1 unspecified atom stereocenters. The van der Waals surface area contributed by atoms with Crippen LogP contribution in [0.4, 0.5) is 0 Å². The molecule has 6 rings (SSSR count). The van der Waals surface area contributed by atoms with Gasteiger partial charge >= 0.3 is 0 Å². The van der Waals surface area contributed by atoms with E-state index >= 15 is 0 Å². The van der Waals surface area contributed by atoms with Crippen LogP contribution < -0.4 is 4.72 Å². The number of sulfonamides is 1. The molecule has 1 aromatic heterocycles. The van der Waals surface area contributed by atoms with Crippen molar-refractivity contribution < 1.29 is 8.42 Å². The van der Waals surface area contributed by atoms with Crippen LogP contribution in [0.25, 0.3) is 10.9 Å². The fourth-order valence-corrected chi connectivity index (χ4v) is 7.64. The molecule has 4 heterocycles. The van der Waals surface area contributed by atoms with Gasteiger partial charge in [0.2, 0.25) is 10.0 Å². The molecule has 2 bridgehead atoms. The monoisotopic (exact) mass is 545 g/mol. The Balaban J connectivity index is 1.62. The Kier molecular flexibility index (Phi) is 7.28. The van der Waals surface area contributed by atoms with Crippen molar-refractivity contribution in [2.75, 3.05) is 13.1 Å². The number of nitrogens with one attached hydrogen (secondary N) is 1. The predicted molar refractivity (Wildman–Crippen MR) is 160 cm³/mol. The quantitative estimate of drug-likeness (QED) is 0.348. The van der Waals surface area contributed by atoms with E-state index in [1.54, 1.807) is 6.20 Å². The first-order valence-electron chi connectivity index (χ1n) is 14.2. The van der Waals surface area contributed by atoms with Gasteiger partial charge in [0.05, 0.1) is 16.5 Å². The van der Waals surface area contributed by atoms with Gasteiger partial charge in [-0.1, -0.05) is 71.9 Å². The van der Waals surface area contributed by atoms with E-state index in [1.165, 1.54) is 0 Å². The maximum atomic E-state index is 14.3. The van der Waals surface area contributed by atoms with Crippen molar-refractivity contribution in [1.29, 1.82) is 0 Å². The second-order valence-corrected chi connectivity index (χ2v) is 15.2. The summed E-state index contributed by atoms with van der Waals surface area (Å²) in [5.74, 6) is 0.980. The van der Waals surface area contributed by atoms with E-state index in [0.29, 0.717) is 16.7 Å². The lowest BCUT2D eigenvalue weighted by Gasteiger charge is -2.51. The third-order valence-corrected chi connectivity index (χ3v) is 10.2. The molecule has 39 heavy (non-hydrogen) atoms. The number of hydrogen-bond acceptors (Lipinski definition) is 4. The van der Waals surface area contributed by atoms with E-state index in [4.69, 9.17) is 0 Å². The molecule has 3 saturated heterocycles. The molecule has 0 amide bonds. The smallest absolute Gasteiger partial charge is 0.241 e. The number of pyridine rings is 1. The minimum Gasteiger partial charge on any atom is -0.298 e. The highest BCUT2D eigenvalue weighted by Gasteiger charge is 2.44. The fourth-order valence-electron chi connectivity index (χ4n) is 6.32. The first-order chi connectivity index (χ1) is 18.3. The van der Waals surface area contributed by atoms with Gasteiger partial charge in [0, 0.05) is 24.2 Å². The Morgan fingerprint density at radius 1 is 1.03 bits per heavy atom. The van der Waals surface area contributed by atoms with Crippen molar-refractivity contribution >= 4 is 20.9 Å². The zero-order chi connectivity index (χ0) is 28.2. The van der Waals surface area contributed by atoms with Crippen molar-refractivity contribution in [2.45, 2.75) is 82.2 Å². The Morgan fingerprint density at radius 3 is 2.28 bits per heavy atom. The second-order valence-electron chi connectivity index (χ2n) is 13.5. The van der Waals surface area contributed by atoms with Crippen LogP contribution in [0.1, 0.15) is 77.1 Å². The number of piperidine rings is 3. The first kappa shape index (κ1) is 28.0. The molecule has 3 aliphatic rings. The van der Waals surface area contributed by atoms with E-state index in [9.17, 15) is 8.42 Å². The third-order valence-electron chi connectivity index (χ3n) is 8.79. The maximum Gasteiger partial charge on any atom is 0.241 e. The van der Waals surface area contributed by atoms with Crippen LogP contribution in [0.2, 0.25) is 0 Å². The number of fused-ring (bicyclic) bond motifs is 4. The van der Waals surface area contributed by atoms with E-state index in [-0.39, 0.29) is 16.9 Å². The third kappa shape index (κ3) is 5.57. The van der Waals surface area contributed by atoms with Gasteiger partial charge in [0.25, 0.3) is 0 Å². The second kappa shape index (κ2) is 10.1. The van der Waals surface area contributed by atoms with Crippen LogP contribution >= 0.6 is 0 Å². The SMILES string of the molecule is C=C[C@H]1CN2CC[C@H]1C[C@@H]2[C@H](NS(=O)(=O)c1cc(C(C)(C)C)cc(C(C)(C)C)c1)c1ccnc2ccccc12. The van der Waals surface area contributed by atoms with Crippen LogP contribution in [-0.2, 0) is 20.9 Å². The number of benzene rings is 2. The summed E-state index contributed by atoms with van der Waals surface area (Å²) in [6.45, 7) is 18.8. The lowest BCUT2D eigenvalue weighted by molar-refractivity contribution is 0.00490. The van der Waals surface area contributed by atoms with E-state index in [0.717, 1.165) is 53.5 Å². The van der Waals surface area contributed by atoms with Crippen molar-refractivity contribution in [3.8, 4) is 0 Å². The van der Waals surface area contributed by atoms with Crippen molar-refractivity contribution in [3.05, 3.63) is 84.1 Å². The van der Waals surface area contributed by atoms with Gasteiger partial charge in [-0.05, 0) is 83.0 Å². The van der Waals surface area contributed by atoms with Gasteiger partial charge in [-0.25, -0.2) is 13.1 Å². The van der Waals surface area contributed by atoms with Crippen molar-refractivity contribution in [3.63, 3.8) is 0 Å². The van der Waals surface area contributed by atoms with Crippen LogP contribution in [0.3, 0.4) is 0 Å². The average Bonchev–Trinajstić information content (AvgIpc) is 2.90. The summed E-state index contributed by atoms with van der Waals surface area (Å²) in [7, 11) is -3.84. The highest BCUT2D eigenvalue weighted by molar-refractivity contribution is 7.89. The molecule has 0 radical (unpaired) electrons. The number of para-hydroxylation sites is 1. The topological polar surface area (TPSA) is 62.3 Å². The summed E-state index contributed by atoms with van der Waals surface area (Å²) in [4.78, 5) is 7.38. The molecule has 0 aliphatic carbocycles. The summed E-state index contributed by atoms with van der Waals surface area (Å²) < 4.78 is 31.9. The minimum atomic E-state index is -3.84. The minimum absolute atomic E-state index is 0.0633. The Labute approximate surface area is 234 Å². The standard InChI is InChI=1S/C33H43N3O2S/c1-8-22-21-36-16-14-23(22)17-30(36)31(28-13-15-34-29-12-10-9-11-27(28)29)35-39(37,38)26-19-24(32(2,3)4)18-25(20-26)33(5,6)7/h8-13,15,18-20,22-23,30-31,35H,1,14,16-17,21H2,2-7H3/t22-,23-,30+,31+/m0/s1. The lowest BCUT2D eigenvalue weighted by atomic mass is 9.73. The van der Waals surface area contributed by atoms with E-state index in [1.807, 2.05) is 36.4 Å². The van der Waals surface area contributed by atoms with Crippen LogP contribution in [0, 0.1) is 11.8 Å². The van der Waals surface area contributed by atoms with Crippen LogP contribution in [-0.4, -0.2) is 37.4 Å². The van der Waals surface area contributed by atoms with Gasteiger partial charge in [-0.15, -0.1) is 6.58 Å². The molecule has 0 spiro atoms. The van der Waals surface area contributed by atoms with E-state index < -0.39 is 16.1 Å². The highest BCUT2D eigenvalue weighted by Crippen LogP contribution is 2.43. The number of hydrogen-bond donors (Lipinski definition) is 1. The summed E-state index contributed by atoms with van der Waals surface area (Å²) in [6.07, 6.45) is 5.96. The molecule has 3 aliphatic heterocycles. The zero-order valence-corrected chi connectivity index (χ0v) is 25.1. The van der Waals surface area contributed by atoms with Gasteiger partial charge in [-0.3, -0.25) is 9.88 Å². The molecule has 3 aromatic rings. The van der Waals surface area contributed by atoms with Gasteiger partial charge in [-0.2, -0.15) is 0 Å². The molecule has 208 valence electrons. The summed E-state index contributed by atoms with van der Waals surface area (Å²) in [6, 6.07) is 15.6.